The highest BCUT2D eigenvalue weighted by Gasteiger charge is 2.21. The summed E-state index contributed by atoms with van der Waals surface area (Å²) in [6, 6.07) is 10.5. The van der Waals surface area contributed by atoms with Gasteiger partial charge in [0.1, 0.15) is 5.82 Å². The van der Waals surface area contributed by atoms with E-state index >= 15 is 0 Å². The van der Waals surface area contributed by atoms with Crippen LogP contribution in [0, 0.1) is 12.7 Å². The Morgan fingerprint density at radius 2 is 1.93 bits per heavy atom. The normalized spacial score (nSPS) is 15.2. The lowest BCUT2D eigenvalue weighted by molar-refractivity contribution is 0.103. The third-order valence-electron chi connectivity index (χ3n) is 5.16. The molecule has 1 aliphatic heterocycles. The molecule has 0 bridgehead atoms. The number of amides is 1. The topological polar surface area (TPSA) is 35.6 Å². The summed E-state index contributed by atoms with van der Waals surface area (Å²) in [6.07, 6.45) is 0. The van der Waals surface area contributed by atoms with E-state index in [0.29, 0.717) is 26.5 Å². The molecule has 4 rings (SSSR count). The Hall–Kier alpha value is -2.15. The van der Waals surface area contributed by atoms with Gasteiger partial charge in [0.15, 0.2) is 0 Å². The van der Waals surface area contributed by atoms with Crippen LogP contribution in [0.15, 0.2) is 36.4 Å². The van der Waals surface area contributed by atoms with E-state index in [0.717, 1.165) is 36.6 Å². The third-order valence-corrected chi connectivity index (χ3v) is 6.65. The van der Waals surface area contributed by atoms with Crippen LogP contribution in [0.1, 0.15) is 15.2 Å². The van der Waals surface area contributed by atoms with Crippen molar-refractivity contribution < 1.29 is 9.18 Å². The molecule has 0 aliphatic carbocycles. The number of thiophene rings is 1. The summed E-state index contributed by atoms with van der Waals surface area (Å²) in [5, 5.41) is 4.09. The summed E-state index contributed by atoms with van der Waals surface area (Å²) in [4.78, 5) is 18.1. The van der Waals surface area contributed by atoms with E-state index in [1.54, 1.807) is 19.1 Å². The zero-order chi connectivity index (χ0) is 19.8. The number of anilines is 2. The van der Waals surface area contributed by atoms with Gasteiger partial charge in [-0.1, -0.05) is 17.7 Å². The minimum atomic E-state index is -0.300. The molecule has 1 amide bonds. The first kappa shape index (κ1) is 19.2. The van der Waals surface area contributed by atoms with Crippen molar-refractivity contribution in [3.63, 3.8) is 0 Å². The summed E-state index contributed by atoms with van der Waals surface area (Å²) in [7, 11) is 2.10. The molecule has 1 saturated heterocycles. The maximum absolute atomic E-state index is 14.2. The summed E-state index contributed by atoms with van der Waals surface area (Å²) >= 11 is 7.51. The zero-order valence-corrected chi connectivity index (χ0v) is 17.3. The minimum absolute atomic E-state index is 0.240. The van der Waals surface area contributed by atoms with Gasteiger partial charge in [0.25, 0.3) is 5.91 Å². The number of carbonyl (C=O) groups excluding carboxylic acids is 1. The molecule has 3 aromatic rings. The fourth-order valence-electron chi connectivity index (χ4n) is 3.58. The first-order chi connectivity index (χ1) is 13.4. The standard InChI is InChI=1S/C21H21ClFN3OS/c1-13-19-15(23)4-3-5-18(19)28-20(13)21(27)24-16-12-14(22)6-7-17(16)26-10-8-25(2)9-11-26/h3-7,12H,8-11H2,1-2H3,(H,24,27). The molecule has 1 fully saturated rings. The number of carbonyl (C=O) groups is 1. The number of benzene rings is 2. The molecule has 7 heteroatoms. The van der Waals surface area contributed by atoms with Crippen molar-refractivity contribution >= 4 is 50.3 Å². The van der Waals surface area contributed by atoms with E-state index in [4.69, 9.17) is 11.6 Å². The van der Waals surface area contributed by atoms with Gasteiger partial charge in [0.05, 0.1) is 16.3 Å². The number of fused-ring (bicyclic) bond motifs is 1. The largest absolute Gasteiger partial charge is 0.367 e. The highest BCUT2D eigenvalue weighted by atomic mass is 35.5. The number of aryl methyl sites for hydroxylation is 1. The smallest absolute Gasteiger partial charge is 0.266 e. The van der Waals surface area contributed by atoms with Crippen molar-refractivity contribution in [2.75, 3.05) is 43.4 Å². The van der Waals surface area contributed by atoms with Crippen LogP contribution in [0.5, 0.6) is 0 Å². The van der Waals surface area contributed by atoms with E-state index < -0.39 is 0 Å². The fourth-order valence-corrected chi connectivity index (χ4v) is 4.87. The number of piperazine rings is 1. The molecule has 4 nitrogen and oxygen atoms in total. The van der Waals surface area contributed by atoms with Crippen LogP contribution in [0.4, 0.5) is 15.8 Å². The molecule has 0 saturated carbocycles. The van der Waals surface area contributed by atoms with Crippen molar-refractivity contribution in [3.8, 4) is 0 Å². The predicted molar refractivity (Wildman–Crippen MR) is 116 cm³/mol. The van der Waals surface area contributed by atoms with Gasteiger partial charge in [-0.3, -0.25) is 4.79 Å². The Labute approximate surface area is 172 Å². The SMILES string of the molecule is Cc1c(C(=O)Nc2cc(Cl)ccc2N2CCN(C)CC2)sc2cccc(F)c12. The average molecular weight is 418 g/mol. The van der Waals surface area contributed by atoms with E-state index in [1.165, 1.54) is 17.4 Å². The summed E-state index contributed by atoms with van der Waals surface area (Å²) in [5.41, 5.74) is 2.30. The van der Waals surface area contributed by atoms with Crippen molar-refractivity contribution in [1.82, 2.24) is 4.90 Å². The molecule has 0 unspecified atom stereocenters. The van der Waals surface area contributed by atoms with Crippen LogP contribution in [-0.2, 0) is 0 Å². The monoisotopic (exact) mass is 417 g/mol. The maximum Gasteiger partial charge on any atom is 0.266 e. The fraction of sp³-hybridized carbons (Fsp3) is 0.286. The zero-order valence-electron chi connectivity index (χ0n) is 15.8. The van der Waals surface area contributed by atoms with Crippen LogP contribution in [0.2, 0.25) is 5.02 Å². The molecule has 2 heterocycles. The summed E-state index contributed by atoms with van der Waals surface area (Å²) in [6.45, 7) is 5.48. The molecule has 2 aromatic carbocycles. The van der Waals surface area contributed by atoms with Crippen molar-refractivity contribution in [1.29, 1.82) is 0 Å². The number of hydrogen-bond donors (Lipinski definition) is 1. The van der Waals surface area contributed by atoms with Crippen molar-refractivity contribution in [2.45, 2.75) is 6.92 Å². The predicted octanol–water partition coefficient (Wildman–Crippen LogP) is 5.01. The number of nitrogens with one attached hydrogen (secondary N) is 1. The van der Waals surface area contributed by atoms with Gasteiger partial charge in [-0.15, -0.1) is 11.3 Å². The highest BCUT2D eigenvalue weighted by Crippen LogP contribution is 2.35. The van der Waals surface area contributed by atoms with E-state index in [-0.39, 0.29) is 11.7 Å². The van der Waals surface area contributed by atoms with Crippen LogP contribution in [-0.4, -0.2) is 44.0 Å². The Morgan fingerprint density at radius 1 is 1.18 bits per heavy atom. The number of rotatable bonds is 3. The second-order valence-corrected chi connectivity index (χ2v) is 8.56. The van der Waals surface area contributed by atoms with Crippen LogP contribution < -0.4 is 10.2 Å². The van der Waals surface area contributed by atoms with Crippen LogP contribution in [0.25, 0.3) is 10.1 Å². The lowest BCUT2D eigenvalue weighted by Gasteiger charge is -2.35. The van der Waals surface area contributed by atoms with Crippen LogP contribution in [0.3, 0.4) is 0 Å². The molecule has 0 radical (unpaired) electrons. The Bertz CT molecular complexity index is 1040. The van der Waals surface area contributed by atoms with Gasteiger partial charge in [0.2, 0.25) is 0 Å². The number of likely N-dealkylation sites (N-methyl/N-ethyl adjacent to an activating group) is 1. The number of hydrogen-bond acceptors (Lipinski definition) is 4. The molecule has 146 valence electrons. The lowest BCUT2D eigenvalue weighted by Crippen LogP contribution is -2.44. The lowest BCUT2D eigenvalue weighted by atomic mass is 10.1. The average Bonchev–Trinajstić information content (AvgIpc) is 3.01. The van der Waals surface area contributed by atoms with E-state index in [1.807, 2.05) is 18.2 Å². The molecule has 1 aromatic heterocycles. The molecular formula is C21H21ClFN3OS. The number of nitrogens with zero attached hydrogens (tertiary/aromatic N) is 2. The molecule has 28 heavy (non-hydrogen) atoms. The molecule has 1 N–H and O–H groups in total. The first-order valence-electron chi connectivity index (χ1n) is 9.16. The minimum Gasteiger partial charge on any atom is -0.367 e. The highest BCUT2D eigenvalue weighted by molar-refractivity contribution is 7.21. The first-order valence-corrected chi connectivity index (χ1v) is 10.4. The quantitative estimate of drug-likeness (QED) is 0.650. The van der Waals surface area contributed by atoms with Crippen molar-refractivity contribution in [3.05, 3.63) is 57.7 Å². The van der Waals surface area contributed by atoms with Crippen LogP contribution >= 0.6 is 22.9 Å². The van der Waals surface area contributed by atoms with Gasteiger partial charge < -0.3 is 15.1 Å². The van der Waals surface area contributed by atoms with Gasteiger partial charge in [-0.05, 0) is 49.9 Å². The van der Waals surface area contributed by atoms with Gasteiger partial charge in [0, 0.05) is 41.3 Å². The molecular weight excluding hydrogens is 397 g/mol. The second kappa shape index (κ2) is 7.70. The second-order valence-electron chi connectivity index (χ2n) is 7.08. The Balaban J connectivity index is 1.66. The summed E-state index contributed by atoms with van der Waals surface area (Å²) < 4.78 is 15.0. The maximum atomic E-state index is 14.2. The Morgan fingerprint density at radius 3 is 2.64 bits per heavy atom. The molecule has 0 spiro atoms. The molecule has 1 aliphatic rings. The van der Waals surface area contributed by atoms with Crippen molar-refractivity contribution in [2.24, 2.45) is 0 Å². The van der Waals surface area contributed by atoms with Gasteiger partial charge >= 0.3 is 0 Å². The van der Waals surface area contributed by atoms with E-state index in [2.05, 4.69) is 22.2 Å². The summed E-state index contributed by atoms with van der Waals surface area (Å²) in [5.74, 6) is -0.540. The molecule has 0 atom stereocenters. The Kier molecular flexibility index (Phi) is 5.27. The van der Waals surface area contributed by atoms with Gasteiger partial charge in [-0.25, -0.2) is 4.39 Å². The number of halogens is 2. The third kappa shape index (κ3) is 3.60. The van der Waals surface area contributed by atoms with E-state index in [9.17, 15) is 9.18 Å². The van der Waals surface area contributed by atoms with Gasteiger partial charge in [-0.2, -0.15) is 0 Å².